The number of halogens is 1. The number of hydrogen-bond acceptors (Lipinski definition) is 5. The number of anilines is 1. The Morgan fingerprint density at radius 3 is 2.68 bits per heavy atom. The van der Waals surface area contributed by atoms with Crippen LogP contribution in [0.5, 0.6) is 0 Å². The molecule has 25 heavy (non-hydrogen) atoms. The zero-order chi connectivity index (χ0) is 17.6. The van der Waals surface area contributed by atoms with E-state index in [9.17, 15) is 9.90 Å². The fourth-order valence-corrected chi connectivity index (χ4v) is 2.92. The molecule has 0 bridgehead atoms. The van der Waals surface area contributed by atoms with E-state index in [1.54, 1.807) is 11.0 Å². The van der Waals surface area contributed by atoms with Crippen molar-refractivity contribution in [1.82, 2.24) is 9.88 Å². The number of rotatable bonds is 5. The number of nitrogens with zero attached hydrogens (tertiary/aromatic N) is 2. The van der Waals surface area contributed by atoms with Crippen molar-refractivity contribution >= 4 is 23.3 Å². The fraction of sp³-hybridized carbons (Fsp3) is 0.333. The summed E-state index contributed by atoms with van der Waals surface area (Å²) in [5.41, 5.74) is 1.37. The zero-order valence-electron chi connectivity index (χ0n) is 13.7. The summed E-state index contributed by atoms with van der Waals surface area (Å²) in [6.07, 6.45) is 1.51. The second kappa shape index (κ2) is 8.29. The number of morpholine rings is 1. The number of aliphatic hydroxyl groups excluding tert-OH is 1. The molecule has 1 atom stereocenters. The van der Waals surface area contributed by atoms with E-state index < -0.39 is 0 Å². The highest BCUT2D eigenvalue weighted by Crippen LogP contribution is 2.25. The van der Waals surface area contributed by atoms with Crippen LogP contribution >= 0.6 is 11.6 Å². The average molecular weight is 362 g/mol. The first-order valence-electron chi connectivity index (χ1n) is 8.14. The van der Waals surface area contributed by atoms with Crippen LogP contribution in [0, 0.1) is 0 Å². The standard InChI is InChI=1S/C18H20ClN3O3/c19-15-10-14(18(24)22-6-8-25-9-7-22)11-20-17(15)21-16(12-23)13-4-2-1-3-5-13/h1-5,10-11,16,23H,6-9,12H2,(H,20,21). The summed E-state index contributed by atoms with van der Waals surface area (Å²) in [5.74, 6) is 0.328. The molecular weight excluding hydrogens is 342 g/mol. The maximum Gasteiger partial charge on any atom is 0.255 e. The van der Waals surface area contributed by atoms with Gasteiger partial charge in [0.1, 0.15) is 5.82 Å². The molecule has 1 saturated heterocycles. The molecule has 1 aliphatic heterocycles. The normalized spacial score (nSPS) is 15.7. The van der Waals surface area contributed by atoms with Gasteiger partial charge < -0.3 is 20.1 Å². The second-order valence-corrected chi connectivity index (χ2v) is 6.16. The number of nitrogens with one attached hydrogen (secondary N) is 1. The lowest BCUT2D eigenvalue weighted by Crippen LogP contribution is -2.40. The molecule has 1 aliphatic rings. The summed E-state index contributed by atoms with van der Waals surface area (Å²) in [5, 5.41) is 13.1. The van der Waals surface area contributed by atoms with E-state index in [-0.39, 0.29) is 18.6 Å². The summed E-state index contributed by atoms with van der Waals surface area (Å²) >= 11 is 6.30. The summed E-state index contributed by atoms with van der Waals surface area (Å²) in [4.78, 5) is 18.5. The van der Waals surface area contributed by atoms with Gasteiger partial charge in [-0.05, 0) is 11.6 Å². The van der Waals surface area contributed by atoms with E-state index in [0.717, 1.165) is 5.56 Å². The van der Waals surface area contributed by atoms with Gasteiger partial charge in [-0.1, -0.05) is 41.9 Å². The number of aromatic nitrogens is 1. The number of pyridine rings is 1. The van der Waals surface area contributed by atoms with Gasteiger partial charge in [-0.2, -0.15) is 0 Å². The van der Waals surface area contributed by atoms with E-state index in [1.807, 2.05) is 30.3 Å². The number of carbonyl (C=O) groups excluding carboxylic acids is 1. The minimum Gasteiger partial charge on any atom is -0.394 e. The quantitative estimate of drug-likeness (QED) is 0.855. The van der Waals surface area contributed by atoms with Gasteiger partial charge in [0, 0.05) is 19.3 Å². The summed E-state index contributed by atoms with van der Waals surface area (Å²) in [6.45, 7) is 2.12. The van der Waals surface area contributed by atoms with Crippen molar-refractivity contribution in [3.05, 3.63) is 58.7 Å². The Morgan fingerprint density at radius 1 is 1.32 bits per heavy atom. The Balaban J connectivity index is 1.74. The Morgan fingerprint density at radius 2 is 2.04 bits per heavy atom. The molecule has 1 unspecified atom stereocenters. The van der Waals surface area contributed by atoms with Crippen LogP contribution in [0.15, 0.2) is 42.6 Å². The molecule has 0 radical (unpaired) electrons. The van der Waals surface area contributed by atoms with Gasteiger partial charge in [0.05, 0.1) is 36.4 Å². The topological polar surface area (TPSA) is 74.7 Å². The lowest BCUT2D eigenvalue weighted by atomic mass is 10.1. The predicted octanol–water partition coefficient (Wildman–Crippen LogP) is 2.35. The molecule has 132 valence electrons. The monoisotopic (exact) mass is 361 g/mol. The van der Waals surface area contributed by atoms with Crippen molar-refractivity contribution in [3.63, 3.8) is 0 Å². The molecule has 7 heteroatoms. The third-order valence-corrected chi connectivity index (χ3v) is 4.37. The lowest BCUT2D eigenvalue weighted by Gasteiger charge is -2.27. The SMILES string of the molecule is O=C(c1cnc(NC(CO)c2ccccc2)c(Cl)c1)N1CCOCC1. The van der Waals surface area contributed by atoms with Crippen molar-refractivity contribution in [2.75, 3.05) is 38.2 Å². The number of carbonyl (C=O) groups is 1. The van der Waals surface area contributed by atoms with E-state index in [4.69, 9.17) is 16.3 Å². The van der Waals surface area contributed by atoms with E-state index in [1.165, 1.54) is 6.20 Å². The largest absolute Gasteiger partial charge is 0.394 e. The molecule has 2 N–H and O–H groups in total. The molecule has 0 aliphatic carbocycles. The second-order valence-electron chi connectivity index (χ2n) is 5.75. The van der Waals surface area contributed by atoms with Gasteiger partial charge >= 0.3 is 0 Å². The smallest absolute Gasteiger partial charge is 0.255 e. The summed E-state index contributed by atoms with van der Waals surface area (Å²) in [6, 6.07) is 10.8. The number of benzene rings is 1. The molecule has 1 fully saturated rings. The van der Waals surface area contributed by atoms with E-state index in [0.29, 0.717) is 42.7 Å². The zero-order valence-corrected chi connectivity index (χ0v) is 14.4. The summed E-state index contributed by atoms with van der Waals surface area (Å²) < 4.78 is 5.26. The van der Waals surface area contributed by atoms with Gasteiger partial charge in [0.2, 0.25) is 0 Å². The van der Waals surface area contributed by atoms with Gasteiger partial charge in [-0.3, -0.25) is 4.79 Å². The summed E-state index contributed by atoms with van der Waals surface area (Å²) in [7, 11) is 0. The Labute approximate surface area is 151 Å². The number of aliphatic hydroxyl groups is 1. The predicted molar refractivity (Wildman–Crippen MR) is 95.9 cm³/mol. The molecular formula is C18H20ClN3O3. The van der Waals surface area contributed by atoms with Crippen LogP contribution in [-0.4, -0.2) is 53.8 Å². The van der Waals surface area contributed by atoms with Crippen LogP contribution in [0.2, 0.25) is 5.02 Å². The van der Waals surface area contributed by atoms with Crippen molar-refractivity contribution < 1.29 is 14.6 Å². The highest BCUT2D eigenvalue weighted by molar-refractivity contribution is 6.33. The molecule has 0 saturated carbocycles. The third kappa shape index (κ3) is 4.28. The minimum absolute atomic E-state index is 0.101. The lowest BCUT2D eigenvalue weighted by molar-refractivity contribution is 0.0302. The van der Waals surface area contributed by atoms with Crippen molar-refractivity contribution in [2.45, 2.75) is 6.04 Å². The van der Waals surface area contributed by atoms with E-state index in [2.05, 4.69) is 10.3 Å². The molecule has 1 aromatic carbocycles. The highest BCUT2D eigenvalue weighted by atomic mass is 35.5. The Kier molecular flexibility index (Phi) is 5.86. The first kappa shape index (κ1) is 17.7. The molecule has 1 amide bonds. The Bertz CT molecular complexity index is 721. The first-order chi connectivity index (χ1) is 12.2. The van der Waals surface area contributed by atoms with Crippen molar-refractivity contribution in [2.24, 2.45) is 0 Å². The maximum atomic E-state index is 12.5. The van der Waals surface area contributed by atoms with Gasteiger partial charge in [0.15, 0.2) is 0 Å². The maximum absolute atomic E-state index is 12.5. The van der Waals surface area contributed by atoms with Crippen LogP contribution in [0.4, 0.5) is 5.82 Å². The van der Waals surface area contributed by atoms with Crippen LogP contribution in [0.25, 0.3) is 0 Å². The van der Waals surface area contributed by atoms with Crippen LogP contribution in [0.1, 0.15) is 22.0 Å². The minimum atomic E-state index is -0.327. The van der Waals surface area contributed by atoms with Crippen LogP contribution in [-0.2, 0) is 4.74 Å². The first-order valence-corrected chi connectivity index (χ1v) is 8.51. The van der Waals surface area contributed by atoms with Gasteiger partial charge in [-0.15, -0.1) is 0 Å². The number of amides is 1. The molecule has 6 nitrogen and oxygen atoms in total. The molecule has 2 heterocycles. The fourth-order valence-electron chi connectivity index (χ4n) is 2.69. The molecule has 2 aromatic rings. The highest BCUT2D eigenvalue weighted by Gasteiger charge is 2.20. The number of hydrogen-bond donors (Lipinski definition) is 2. The van der Waals surface area contributed by atoms with Gasteiger partial charge in [-0.25, -0.2) is 4.98 Å². The van der Waals surface area contributed by atoms with Crippen molar-refractivity contribution in [1.29, 1.82) is 0 Å². The van der Waals surface area contributed by atoms with Crippen LogP contribution < -0.4 is 5.32 Å². The van der Waals surface area contributed by atoms with Crippen molar-refractivity contribution in [3.8, 4) is 0 Å². The average Bonchev–Trinajstić information content (AvgIpc) is 2.68. The van der Waals surface area contributed by atoms with Gasteiger partial charge in [0.25, 0.3) is 5.91 Å². The number of ether oxygens (including phenoxy) is 1. The molecule has 0 spiro atoms. The van der Waals surface area contributed by atoms with Crippen LogP contribution in [0.3, 0.4) is 0 Å². The Hall–Kier alpha value is -2.15. The third-order valence-electron chi connectivity index (χ3n) is 4.08. The molecule has 1 aromatic heterocycles. The van der Waals surface area contributed by atoms with E-state index >= 15 is 0 Å². The molecule has 3 rings (SSSR count).